The summed E-state index contributed by atoms with van der Waals surface area (Å²) in [6.45, 7) is 9.35. The quantitative estimate of drug-likeness (QED) is 0.339. The Labute approximate surface area is 185 Å². The minimum Gasteiger partial charge on any atom is -0.366 e. The Bertz CT molecular complexity index is 1090. The number of non-ortho nitro benzene ring substituents is 1. The molecule has 0 fully saturated rings. The molecule has 1 aliphatic rings. The first kappa shape index (κ1) is 23.1. The number of nitro benzene ring substituents is 2. The zero-order valence-electron chi connectivity index (χ0n) is 18.5. The van der Waals surface area contributed by atoms with Gasteiger partial charge in [0.2, 0.25) is 0 Å². The molecule has 0 aromatic heterocycles. The van der Waals surface area contributed by atoms with Crippen LogP contribution in [-0.4, -0.2) is 28.1 Å². The van der Waals surface area contributed by atoms with E-state index >= 15 is 0 Å². The van der Waals surface area contributed by atoms with Gasteiger partial charge in [0.25, 0.3) is 5.69 Å². The summed E-state index contributed by atoms with van der Waals surface area (Å²) in [5, 5.41) is 26.0. The maximum atomic E-state index is 14.9. The van der Waals surface area contributed by atoms with Crippen LogP contribution in [0.1, 0.15) is 57.6 Å². The van der Waals surface area contributed by atoms with Gasteiger partial charge in [0.1, 0.15) is 11.5 Å². The third-order valence-electron chi connectivity index (χ3n) is 5.73. The molecule has 0 spiro atoms. The predicted octanol–water partition coefficient (Wildman–Crippen LogP) is 5.59. The number of anilines is 2. The molecule has 9 nitrogen and oxygen atoms in total. The molecule has 0 saturated heterocycles. The van der Waals surface area contributed by atoms with Crippen LogP contribution in [0.2, 0.25) is 0 Å². The average Bonchev–Trinajstić information content (AvgIpc) is 2.71. The molecule has 2 aromatic carbocycles. The highest BCUT2D eigenvalue weighted by Gasteiger charge is 2.36. The van der Waals surface area contributed by atoms with Crippen molar-refractivity contribution in [1.29, 1.82) is 0 Å². The predicted molar refractivity (Wildman–Crippen MR) is 122 cm³/mol. The Morgan fingerprint density at radius 1 is 1.25 bits per heavy atom. The zero-order valence-corrected chi connectivity index (χ0v) is 18.5. The summed E-state index contributed by atoms with van der Waals surface area (Å²) >= 11 is 0. The maximum Gasteiger partial charge on any atom is 0.301 e. The molecule has 170 valence electrons. The number of fused-ring (bicyclic) bond motifs is 1. The molecule has 0 aliphatic carbocycles. The molecule has 0 radical (unpaired) electrons. The number of nitrogens with zero attached hydrogens (tertiary/aromatic N) is 4. The molecule has 2 aromatic rings. The first-order chi connectivity index (χ1) is 15.0. The van der Waals surface area contributed by atoms with Gasteiger partial charge >= 0.3 is 5.69 Å². The molecule has 0 saturated carbocycles. The number of hydrogen-bond donors (Lipinski definition) is 1. The number of benzene rings is 2. The van der Waals surface area contributed by atoms with Crippen molar-refractivity contribution in [1.82, 2.24) is 0 Å². The summed E-state index contributed by atoms with van der Waals surface area (Å²) < 4.78 is 14.9. The van der Waals surface area contributed by atoms with Gasteiger partial charge in [-0.05, 0) is 56.4 Å². The van der Waals surface area contributed by atoms with E-state index in [-0.39, 0.29) is 22.7 Å². The summed E-state index contributed by atoms with van der Waals surface area (Å²) in [6, 6.07) is 6.48. The smallest absolute Gasteiger partial charge is 0.301 e. The van der Waals surface area contributed by atoms with Crippen LogP contribution in [0.3, 0.4) is 0 Å². The van der Waals surface area contributed by atoms with E-state index in [9.17, 15) is 24.6 Å². The van der Waals surface area contributed by atoms with Crippen LogP contribution in [-0.2, 0) is 0 Å². The lowest BCUT2D eigenvalue weighted by molar-refractivity contribution is -0.393. The van der Waals surface area contributed by atoms with Crippen LogP contribution in [0, 0.1) is 26.0 Å². The first-order valence-corrected chi connectivity index (χ1v) is 10.4. The molecule has 1 N–H and O–H groups in total. The van der Waals surface area contributed by atoms with Crippen molar-refractivity contribution >= 4 is 29.0 Å². The van der Waals surface area contributed by atoms with Gasteiger partial charge in [-0.2, -0.15) is 5.10 Å². The SMILES string of the molecule is CCCN1c2cc(F)c(/C=N\Nc3ccc([N+](=O)[O-])cc3[N+](=O)[O-])cc2C(C)CC1(C)C. The summed E-state index contributed by atoms with van der Waals surface area (Å²) in [6.07, 6.45) is 3.13. The zero-order chi connectivity index (χ0) is 23.6. The van der Waals surface area contributed by atoms with Crippen molar-refractivity contribution in [2.24, 2.45) is 5.10 Å². The van der Waals surface area contributed by atoms with E-state index in [1.54, 1.807) is 6.07 Å². The van der Waals surface area contributed by atoms with Gasteiger partial charge in [-0.3, -0.25) is 25.7 Å². The largest absolute Gasteiger partial charge is 0.366 e. The van der Waals surface area contributed by atoms with Crippen molar-refractivity contribution < 1.29 is 14.2 Å². The molecule has 1 unspecified atom stereocenters. The highest BCUT2D eigenvalue weighted by atomic mass is 19.1. The van der Waals surface area contributed by atoms with E-state index in [0.29, 0.717) is 0 Å². The highest BCUT2D eigenvalue weighted by molar-refractivity contribution is 5.83. The van der Waals surface area contributed by atoms with Crippen LogP contribution in [0.4, 0.5) is 27.1 Å². The van der Waals surface area contributed by atoms with E-state index < -0.39 is 27.0 Å². The van der Waals surface area contributed by atoms with E-state index in [0.717, 1.165) is 42.8 Å². The van der Waals surface area contributed by atoms with Crippen LogP contribution in [0.25, 0.3) is 0 Å². The third kappa shape index (κ3) is 4.53. The van der Waals surface area contributed by atoms with Crippen LogP contribution < -0.4 is 10.3 Å². The number of nitro groups is 2. The lowest BCUT2D eigenvalue weighted by Crippen LogP contribution is -2.48. The van der Waals surface area contributed by atoms with Crippen LogP contribution in [0.5, 0.6) is 0 Å². The number of halogens is 1. The molecule has 0 bridgehead atoms. The topological polar surface area (TPSA) is 114 Å². The molecule has 1 aliphatic heterocycles. The monoisotopic (exact) mass is 443 g/mol. The Morgan fingerprint density at radius 3 is 2.59 bits per heavy atom. The van der Waals surface area contributed by atoms with Gasteiger partial charge in [0.05, 0.1) is 22.1 Å². The molecular weight excluding hydrogens is 417 g/mol. The van der Waals surface area contributed by atoms with E-state index in [2.05, 4.69) is 43.1 Å². The lowest BCUT2D eigenvalue weighted by atomic mass is 9.79. The van der Waals surface area contributed by atoms with Gasteiger partial charge in [-0.25, -0.2) is 4.39 Å². The average molecular weight is 443 g/mol. The van der Waals surface area contributed by atoms with E-state index in [4.69, 9.17) is 0 Å². The second kappa shape index (κ2) is 8.89. The molecule has 10 heteroatoms. The third-order valence-corrected chi connectivity index (χ3v) is 5.73. The molecule has 32 heavy (non-hydrogen) atoms. The second-order valence-corrected chi connectivity index (χ2v) is 8.59. The van der Waals surface area contributed by atoms with Gasteiger partial charge in [0, 0.05) is 29.4 Å². The van der Waals surface area contributed by atoms with Crippen LogP contribution in [0.15, 0.2) is 35.4 Å². The van der Waals surface area contributed by atoms with Gasteiger partial charge < -0.3 is 4.90 Å². The highest BCUT2D eigenvalue weighted by Crippen LogP contribution is 2.44. The molecule has 1 atom stereocenters. The standard InChI is InChI=1S/C22H26FN5O4/c1-5-8-26-20-11-18(23)15(9-17(20)14(2)12-22(26,3)4)13-24-25-19-7-6-16(27(29)30)10-21(19)28(31)32/h6-7,9-11,13-14,25H,5,8,12H2,1-4H3/b24-13-. The number of hydrazone groups is 1. The van der Waals surface area contributed by atoms with Gasteiger partial charge in [-0.15, -0.1) is 0 Å². The Morgan fingerprint density at radius 2 is 1.97 bits per heavy atom. The number of rotatable bonds is 7. The fourth-order valence-corrected chi connectivity index (χ4v) is 4.32. The number of nitrogens with one attached hydrogen (secondary N) is 1. The van der Waals surface area contributed by atoms with Crippen molar-refractivity contribution in [2.45, 2.75) is 52.0 Å². The van der Waals surface area contributed by atoms with Gasteiger partial charge in [-0.1, -0.05) is 13.8 Å². The minimum absolute atomic E-state index is 0.0283. The van der Waals surface area contributed by atoms with Crippen molar-refractivity contribution in [3.05, 3.63) is 67.5 Å². The molecular formula is C22H26FN5O4. The minimum atomic E-state index is -0.740. The Hall–Kier alpha value is -3.56. The summed E-state index contributed by atoms with van der Waals surface area (Å²) in [7, 11) is 0. The molecule has 0 amide bonds. The van der Waals surface area contributed by atoms with E-state index in [1.165, 1.54) is 18.3 Å². The van der Waals surface area contributed by atoms with Crippen molar-refractivity contribution in [2.75, 3.05) is 16.9 Å². The van der Waals surface area contributed by atoms with Crippen molar-refractivity contribution in [3.63, 3.8) is 0 Å². The maximum absolute atomic E-state index is 14.9. The summed E-state index contributed by atoms with van der Waals surface area (Å²) in [5.74, 6) is -0.219. The summed E-state index contributed by atoms with van der Waals surface area (Å²) in [5.41, 5.74) is 3.65. The van der Waals surface area contributed by atoms with E-state index in [1.807, 2.05) is 0 Å². The second-order valence-electron chi connectivity index (χ2n) is 8.59. The Kier molecular flexibility index (Phi) is 6.42. The molecule has 1 heterocycles. The summed E-state index contributed by atoms with van der Waals surface area (Å²) in [4.78, 5) is 22.9. The van der Waals surface area contributed by atoms with Gasteiger partial charge in [0.15, 0.2) is 0 Å². The normalized spacial score (nSPS) is 17.3. The Balaban J connectivity index is 1.91. The first-order valence-electron chi connectivity index (χ1n) is 10.4. The fraction of sp³-hybridized carbons (Fsp3) is 0.409. The lowest BCUT2D eigenvalue weighted by Gasteiger charge is -2.47. The molecule has 3 rings (SSSR count). The number of hydrogen-bond acceptors (Lipinski definition) is 7. The van der Waals surface area contributed by atoms with Crippen molar-refractivity contribution in [3.8, 4) is 0 Å². The van der Waals surface area contributed by atoms with Crippen LogP contribution >= 0.6 is 0 Å². The fourth-order valence-electron chi connectivity index (χ4n) is 4.32.